The van der Waals surface area contributed by atoms with Crippen molar-refractivity contribution in [1.29, 1.82) is 0 Å². The van der Waals surface area contributed by atoms with E-state index in [4.69, 9.17) is 0 Å². The molecule has 0 unspecified atom stereocenters. The molecule has 2 fully saturated rings. The lowest BCUT2D eigenvalue weighted by atomic mass is 9.74. The molecule has 158 valence electrons. The first-order valence-electron chi connectivity index (χ1n) is 10.8. The van der Waals surface area contributed by atoms with Crippen molar-refractivity contribution in [3.63, 3.8) is 0 Å². The number of hydrogen-bond donors (Lipinski definition) is 1. The van der Waals surface area contributed by atoms with Crippen LogP contribution in [0.25, 0.3) is 10.4 Å². The molecule has 1 saturated carbocycles. The number of piperidine rings is 1. The van der Waals surface area contributed by atoms with Crippen molar-refractivity contribution < 1.29 is 9.59 Å². The fourth-order valence-corrected chi connectivity index (χ4v) is 5.34. The van der Waals surface area contributed by atoms with Gasteiger partial charge in [-0.05, 0) is 54.2 Å². The van der Waals surface area contributed by atoms with E-state index in [1.54, 1.807) is 17.4 Å². The number of nitrogens with one attached hydrogen (secondary N) is 1. The Balaban J connectivity index is 1.55. The molecule has 4 nitrogen and oxygen atoms in total. The lowest BCUT2D eigenvalue weighted by molar-refractivity contribution is -0.142. The Bertz CT molecular complexity index is 906. The van der Waals surface area contributed by atoms with E-state index < -0.39 is 5.41 Å². The molecular weight excluding hydrogens is 392 g/mol. The quantitative estimate of drug-likeness (QED) is 0.667. The molecule has 4 rings (SSSR count). The van der Waals surface area contributed by atoms with Gasteiger partial charge in [0.1, 0.15) is 0 Å². The van der Waals surface area contributed by atoms with Crippen molar-refractivity contribution in [3.8, 4) is 10.4 Å². The molecule has 1 aromatic heterocycles. The highest BCUT2D eigenvalue weighted by Gasteiger charge is 2.47. The summed E-state index contributed by atoms with van der Waals surface area (Å²) in [7, 11) is 0. The van der Waals surface area contributed by atoms with Crippen LogP contribution in [0.4, 0.5) is 0 Å². The van der Waals surface area contributed by atoms with Gasteiger partial charge in [-0.2, -0.15) is 0 Å². The van der Waals surface area contributed by atoms with Crippen molar-refractivity contribution in [3.05, 3.63) is 60.0 Å². The number of hydrogen-bond acceptors (Lipinski definition) is 3. The van der Waals surface area contributed by atoms with Gasteiger partial charge in [-0.3, -0.25) is 9.59 Å². The normalized spacial score (nSPS) is 25.6. The molecule has 30 heavy (non-hydrogen) atoms. The number of thiophene rings is 1. The zero-order chi connectivity index (χ0) is 21.1. The van der Waals surface area contributed by atoms with Gasteiger partial charge in [-0.1, -0.05) is 43.3 Å². The standard InChI is InChI=1S/C25H30N2O2S/c1-3-12-26-24(29)25(11-5-13-27(17-25)23(28)21-15-18(21)2)16-19-7-9-20(10-8-19)22-6-4-14-30-22/h3-4,6-10,14,18,21H,1,5,11-13,15-17H2,2H3,(H,26,29)/t18-,21+,25+/m1/s1. The predicted octanol–water partition coefficient (Wildman–Crippen LogP) is 4.52. The van der Waals surface area contributed by atoms with Crippen LogP contribution in [-0.2, 0) is 16.0 Å². The van der Waals surface area contributed by atoms with Gasteiger partial charge in [-0.15, -0.1) is 17.9 Å². The van der Waals surface area contributed by atoms with Gasteiger partial charge in [-0.25, -0.2) is 0 Å². The predicted molar refractivity (Wildman–Crippen MR) is 122 cm³/mol. The highest BCUT2D eigenvalue weighted by atomic mass is 32.1. The summed E-state index contributed by atoms with van der Waals surface area (Å²) in [4.78, 5) is 29.4. The minimum absolute atomic E-state index is 0.0334. The lowest BCUT2D eigenvalue weighted by Gasteiger charge is -2.42. The van der Waals surface area contributed by atoms with Crippen molar-refractivity contribution in [1.82, 2.24) is 10.2 Å². The Hall–Kier alpha value is -2.40. The fraction of sp³-hybridized carbons (Fsp3) is 0.440. The van der Waals surface area contributed by atoms with Crippen molar-refractivity contribution in [2.75, 3.05) is 19.6 Å². The van der Waals surface area contributed by atoms with E-state index in [0.29, 0.717) is 25.4 Å². The fourth-order valence-electron chi connectivity index (χ4n) is 4.60. The van der Waals surface area contributed by atoms with Gasteiger partial charge < -0.3 is 10.2 Å². The van der Waals surface area contributed by atoms with Crippen LogP contribution in [0.15, 0.2) is 54.4 Å². The summed E-state index contributed by atoms with van der Waals surface area (Å²) in [6.07, 6.45) is 4.99. The van der Waals surface area contributed by atoms with Crippen molar-refractivity contribution >= 4 is 23.2 Å². The lowest BCUT2D eigenvalue weighted by Crippen LogP contribution is -2.54. The van der Waals surface area contributed by atoms with Gasteiger partial charge in [0, 0.05) is 30.4 Å². The first-order valence-corrected chi connectivity index (χ1v) is 11.7. The van der Waals surface area contributed by atoms with Crippen LogP contribution in [0.1, 0.15) is 31.7 Å². The molecule has 1 aliphatic carbocycles. The summed E-state index contributed by atoms with van der Waals surface area (Å²) in [5, 5.41) is 5.10. The maximum absolute atomic E-state index is 13.3. The third-order valence-electron chi connectivity index (χ3n) is 6.51. The molecule has 1 N–H and O–H groups in total. The first-order chi connectivity index (χ1) is 14.5. The molecule has 2 aliphatic rings. The Kier molecular flexibility index (Phi) is 6.09. The number of carbonyl (C=O) groups excluding carboxylic acids is 2. The van der Waals surface area contributed by atoms with Crippen LogP contribution >= 0.6 is 11.3 Å². The second-order valence-corrected chi connectivity index (χ2v) is 9.76. The average molecular weight is 423 g/mol. The molecule has 1 aromatic carbocycles. The van der Waals surface area contributed by atoms with Crippen LogP contribution in [0, 0.1) is 17.3 Å². The average Bonchev–Trinajstić information content (AvgIpc) is 3.25. The van der Waals surface area contributed by atoms with E-state index >= 15 is 0 Å². The molecule has 1 aliphatic heterocycles. The first kappa shape index (κ1) is 20.9. The minimum atomic E-state index is -0.584. The molecule has 1 saturated heterocycles. The topological polar surface area (TPSA) is 49.4 Å². The summed E-state index contributed by atoms with van der Waals surface area (Å²) in [5.41, 5.74) is 1.75. The Morgan fingerprint density at radius 3 is 2.70 bits per heavy atom. The summed E-state index contributed by atoms with van der Waals surface area (Å²) in [6, 6.07) is 12.7. The number of nitrogens with zero attached hydrogens (tertiary/aromatic N) is 1. The van der Waals surface area contributed by atoms with Gasteiger partial charge in [0.15, 0.2) is 0 Å². The number of rotatable bonds is 7. The third-order valence-corrected chi connectivity index (χ3v) is 7.42. The van der Waals surface area contributed by atoms with Crippen LogP contribution in [0.2, 0.25) is 0 Å². The summed E-state index contributed by atoms with van der Waals surface area (Å²) >= 11 is 1.73. The molecule has 5 heteroatoms. The van der Waals surface area contributed by atoms with E-state index in [-0.39, 0.29) is 17.7 Å². The number of benzene rings is 1. The van der Waals surface area contributed by atoms with Crippen LogP contribution in [-0.4, -0.2) is 36.3 Å². The van der Waals surface area contributed by atoms with E-state index in [1.165, 1.54) is 10.4 Å². The van der Waals surface area contributed by atoms with Crippen LogP contribution < -0.4 is 5.32 Å². The second-order valence-electron chi connectivity index (χ2n) is 8.81. The van der Waals surface area contributed by atoms with Crippen LogP contribution in [0.3, 0.4) is 0 Å². The van der Waals surface area contributed by atoms with E-state index in [2.05, 4.69) is 60.6 Å². The van der Waals surface area contributed by atoms with E-state index in [0.717, 1.165) is 31.4 Å². The van der Waals surface area contributed by atoms with E-state index in [9.17, 15) is 9.59 Å². The highest BCUT2D eigenvalue weighted by Crippen LogP contribution is 2.42. The monoisotopic (exact) mass is 422 g/mol. The zero-order valence-electron chi connectivity index (χ0n) is 17.6. The van der Waals surface area contributed by atoms with Gasteiger partial charge in [0.05, 0.1) is 5.41 Å². The van der Waals surface area contributed by atoms with Gasteiger partial charge in [0.25, 0.3) is 0 Å². The van der Waals surface area contributed by atoms with Crippen LogP contribution in [0.5, 0.6) is 0 Å². The zero-order valence-corrected chi connectivity index (χ0v) is 18.4. The largest absolute Gasteiger partial charge is 0.352 e. The summed E-state index contributed by atoms with van der Waals surface area (Å²) in [5.74, 6) is 0.901. The molecular formula is C25H30N2O2S. The number of carbonyl (C=O) groups is 2. The van der Waals surface area contributed by atoms with Gasteiger partial charge >= 0.3 is 0 Å². The van der Waals surface area contributed by atoms with Crippen molar-refractivity contribution in [2.24, 2.45) is 17.3 Å². The molecule has 2 aromatic rings. The van der Waals surface area contributed by atoms with Crippen molar-refractivity contribution in [2.45, 2.75) is 32.6 Å². The molecule has 2 heterocycles. The molecule has 0 spiro atoms. The van der Waals surface area contributed by atoms with Gasteiger partial charge in [0.2, 0.25) is 11.8 Å². The Morgan fingerprint density at radius 1 is 1.30 bits per heavy atom. The maximum Gasteiger partial charge on any atom is 0.228 e. The highest BCUT2D eigenvalue weighted by molar-refractivity contribution is 7.13. The second kappa shape index (κ2) is 8.76. The van der Waals surface area contributed by atoms with E-state index in [1.807, 2.05) is 4.90 Å². The smallest absolute Gasteiger partial charge is 0.228 e. The Morgan fingerprint density at radius 2 is 2.07 bits per heavy atom. The third kappa shape index (κ3) is 4.36. The minimum Gasteiger partial charge on any atom is -0.352 e. The SMILES string of the molecule is C=CCNC(=O)[C@]1(Cc2ccc(-c3cccs3)cc2)CCCN(C(=O)[C@H]2C[C@H]2C)C1. The Labute approximate surface area is 183 Å². The molecule has 2 amide bonds. The summed E-state index contributed by atoms with van der Waals surface area (Å²) in [6.45, 7) is 7.57. The molecule has 3 atom stereocenters. The molecule has 0 radical (unpaired) electrons. The molecule has 0 bridgehead atoms. The number of amides is 2. The maximum atomic E-state index is 13.3. The number of likely N-dealkylation sites (tertiary alicyclic amines) is 1. The summed E-state index contributed by atoms with van der Waals surface area (Å²) < 4.78 is 0.